The third-order valence-corrected chi connectivity index (χ3v) is 3.46. The van der Waals surface area contributed by atoms with Gasteiger partial charge in [0.2, 0.25) is 0 Å². The molecule has 4 nitrogen and oxygen atoms in total. The van der Waals surface area contributed by atoms with Crippen molar-refractivity contribution in [1.29, 1.82) is 0 Å². The van der Waals surface area contributed by atoms with Crippen molar-refractivity contribution in [3.63, 3.8) is 0 Å². The monoisotopic (exact) mass is 252 g/mol. The highest BCUT2D eigenvalue weighted by Gasteiger charge is 2.13. The van der Waals surface area contributed by atoms with Crippen molar-refractivity contribution in [3.05, 3.63) is 24.2 Å². The van der Waals surface area contributed by atoms with Crippen LogP contribution in [0.3, 0.4) is 0 Å². The molecule has 2 rings (SSSR count). The van der Waals surface area contributed by atoms with Crippen LogP contribution in [0.4, 0.5) is 5.82 Å². The van der Waals surface area contributed by atoms with Gasteiger partial charge in [-0.1, -0.05) is 6.92 Å². The van der Waals surface area contributed by atoms with Crippen LogP contribution in [0.25, 0.3) is 5.52 Å². The topological polar surface area (TPSA) is 42.2 Å². The molecule has 2 aromatic heterocycles. The Morgan fingerprint density at radius 3 is 2.94 bits per heavy atom. The van der Waals surface area contributed by atoms with Gasteiger partial charge < -0.3 is 5.32 Å². The summed E-state index contributed by atoms with van der Waals surface area (Å²) in [6, 6.07) is 2.30. The summed E-state index contributed by atoms with van der Waals surface area (Å²) in [5.74, 6) is 1.88. The van der Waals surface area contributed by atoms with Crippen LogP contribution >= 0.6 is 11.6 Å². The van der Waals surface area contributed by atoms with E-state index in [0.717, 1.165) is 17.0 Å². The molecule has 0 aromatic carbocycles. The van der Waals surface area contributed by atoms with E-state index in [-0.39, 0.29) is 6.04 Å². The number of aryl methyl sites for hydroxylation is 1. The molecule has 92 valence electrons. The van der Waals surface area contributed by atoms with Crippen LogP contribution in [0.5, 0.6) is 0 Å². The molecule has 0 radical (unpaired) electrons. The maximum absolute atomic E-state index is 5.86. The SMILES string of the molecule is Cc1cc2c(NC(C)C(C)CCl)nccn2n1. The molecule has 0 fully saturated rings. The van der Waals surface area contributed by atoms with Gasteiger partial charge in [-0.25, -0.2) is 9.50 Å². The van der Waals surface area contributed by atoms with Crippen molar-refractivity contribution >= 4 is 22.9 Å². The molecule has 0 aliphatic rings. The van der Waals surface area contributed by atoms with Crippen molar-refractivity contribution in [1.82, 2.24) is 14.6 Å². The van der Waals surface area contributed by atoms with Gasteiger partial charge in [-0.3, -0.25) is 0 Å². The van der Waals surface area contributed by atoms with E-state index in [9.17, 15) is 0 Å². The molecule has 2 unspecified atom stereocenters. The molecule has 2 atom stereocenters. The van der Waals surface area contributed by atoms with Gasteiger partial charge in [-0.15, -0.1) is 11.6 Å². The lowest BCUT2D eigenvalue weighted by Gasteiger charge is -2.19. The van der Waals surface area contributed by atoms with Crippen molar-refractivity contribution < 1.29 is 0 Å². The highest BCUT2D eigenvalue weighted by atomic mass is 35.5. The van der Waals surface area contributed by atoms with Crippen LogP contribution < -0.4 is 5.32 Å². The first-order chi connectivity index (χ1) is 8.11. The molecule has 2 aromatic rings. The Balaban J connectivity index is 2.29. The van der Waals surface area contributed by atoms with Crippen LogP contribution in [-0.2, 0) is 0 Å². The van der Waals surface area contributed by atoms with Crippen molar-refractivity contribution in [2.45, 2.75) is 26.8 Å². The van der Waals surface area contributed by atoms with Crippen LogP contribution in [0.1, 0.15) is 19.5 Å². The van der Waals surface area contributed by atoms with Gasteiger partial charge in [0.15, 0.2) is 5.82 Å². The summed E-state index contributed by atoms with van der Waals surface area (Å²) in [5, 5.41) is 7.75. The van der Waals surface area contributed by atoms with Gasteiger partial charge in [-0.2, -0.15) is 5.10 Å². The fraction of sp³-hybridized carbons (Fsp3) is 0.500. The van der Waals surface area contributed by atoms with E-state index in [1.54, 1.807) is 6.20 Å². The molecule has 2 heterocycles. The second-order valence-corrected chi connectivity index (χ2v) is 4.76. The summed E-state index contributed by atoms with van der Waals surface area (Å²) < 4.78 is 1.84. The molecule has 0 saturated carbocycles. The zero-order valence-corrected chi connectivity index (χ0v) is 11.1. The van der Waals surface area contributed by atoms with E-state index in [4.69, 9.17) is 11.6 Å². The first kappa shape index (κ1) is 12.2. The lowest BCUT2D eigenvalue weighted by molar-refractivity contribution is 0.564. The number of halogens is 1. The van der Waals surface area contributed by atoms with E-state index in [2.05, 4.69) is 29.2 Å². The Bertz CT molecular complexity index is 508. The Labute approximate surface area is 106 Å². The highest BCUT2D eigenvalue weighted by Crippen LogP contribution is 2.18. The normalized spacial score (nSPS) is 14.8. The minimum atomic E-state index is 0.279. The number of aromatic nitrogens is 3. The summed E-state index contributed by atoms with van der Waals surface area (Å²) in [6.07, 6.45) is 3.60. The molecule has 0 bridgehead atoms. The minimum Gasteiger partial charge on any atom is -0.366 e. The van der Waals surface area contributed by atoms with Gasteiger partial charge in [0.1, 0.15) is 5.52 Å². The summed E-state index contributed by atoms with van der Waals surface area (Å²) in [5.41, 5.74) is 1.98. The molecule has 1 N–H and O–H groups in total. The van der Waals surface area contributed by atoms with Crippen LogP contribution in [0.2, 0.25) is 0 Å². The van der Waals surface area contributed by atoms with Crippen molar-refractivity contribution in [3.8, 4) is 0 Å². The van der Waals surface area contributed by atoms with E-state index in [0.29, 0.717) is 11.8 Å². The summed E-state index contributed by atoms with van der Waals surface area (Å²) >= 11 is 5.86. The minimum absolute atomic E-state index is 0.279. The molecule has 0 amide bonds. The van der Waals surface area contributed by atoms with Gasteiger partial charge in [0.05, 0.1) is 5.69 Å². The molecule has 5 heteroatoms. The fourth-order valence-electron chi connectivity index (χ4n) is 1.65. The zero-order chi connectivity index (χ0) is 12.4. The molecular weight excluding hydrogens is 236 g/mol. The highest BCUT2D eigenvalue weighted by molar-refractivity contribution is 6.18. The maximum Gasteiger partial charge on any atom is 0.152 e. The standard InChI is InChI=1S/C12H17ClN4/c1-8(7-13)10(3)15-12-11-6-9(2)16-17(11)5-4-14-12/h4-6,8,10H,7H2,1-3H3,(H,14,15). The van der Waals surface area contributed by atoms with Gasteiger partial charge >= 0.3 is 0 Å². The summed E-state index contributed by atoms with van der Waals surface area (Å²) in [6.45, 7) is 6.20. The smallest absolute Gasteiger partial charge is 0.152 e. The molecule has 0 spiro atoms. The number of alkyl halides is 1. The first-order valence-electron chi connectivity index (χ1n) is 5.75. The number of hydrogen-bond acceptors (Lipinski definition) is 3. The van der Waals surface area contributed by atoms with Gasteiger partial charge in [0, 0.05) is 24.3 Å². The zero-order valence-electron chi connectivity index (χ0n) is 10.3. The number of hydrogen-bond donors (Lipinski definition) is 1. The molecule has 0 aliphatic heterocycles. The lowest BCUT2D eigenvalue weighted by Crippen LogP contribution is -2.25. The third-order valence-electron chi connectivity index (χ3n) is 2.97. The van der Waals surface area contributed by atoms with Crippen LogP contribution in [0.15, 0.2) is 18.5 Å². The Hall–Kier alpha value is -1.29. The summed E-state index contributed by atoms with van der Waals surface area (Å²) in [4.78, 5) is 4.36. The second-order valence-electron chi connectivity index (χ2n) is 4.46. The van der Waals surface area contributed by atoms with Crippen molar-refractivity contribution in [2.75, 3.05) is 11.2 Å². The maximum atomic E-state index is 5.86. The average molecular weight is 253 g/mol. The van der Waals surface area contributed by atoms with Crippen LogP contribution in [0, 0.1) is 12.8 Å². The number of nitrogens with one attached hydrogen (secondary N) is 1. The lowest BCUT2D eigenvalue weighted by atomic mass is 10.1. The predicted molar refractivity (Wildman–Crippen MR) is 70.7 cm³/mol. The predicted octanol–water partition coefficient (Wildman–Crippen LogP) is 2.71. The third kappa shape index (κ3) is 2.52. The Morgan fingerprint density at radius 1 is 1.47 bits per heavy atom. The molecule has 17 heavy (non-hydrogen) atoms. The van der Waals surface area contributed by atoms with Gasteiger partial charge in [0.25, 0.3) is 0 Å². The molecule has 0 aliphatic carbocycles. The average Bonchev–Trinajstić information content (AvgIpc) is 2.69. The molecular formula is C12H17ClN4. The Morgan fingerprint density at radius 2 is 2.24 bits per heavy atom. The number of fused-ring (bicyclic) bond motifs is 1. The quantitative estimate of drug-likeness (QED) is 0.851. The first-order valence-corrected chi connectivity index (χ1v) is 6.28. The fourth-order valence-corrected chi connectivity index (χ4v) is 1.91. The number of rotatable bonds is 4. The number of nitrogens with zero attached hydrogens (tertiary/aromatic N) is 3. The van der Waals surface area contributed by atoms with E-state index < -0.39 is 0 Å². The van der Waals surface area contributed by atoms with Gasteiger partial charge in [-0.05, 0) is 25.8 Å². The number of anilines is 1. The van der Waals surface area contributed by atoms with E-state index in [1.165, 1.54) is 0 Å². The second kappa shape index (κ2) is 4.92. The Kier molecular flexibility index (Phi) is 3.52. The van der Waals surface area contributed by atoms with Crippen LogP contribution in [-0.4, -0.2) is 26.5 Å². The molecule has 0 saturated heterocycles. The van der Waals surface area contributed by atoms with E-state index in [1.807, 2.05) is 23.7 Å². The summed E-state index contributed by atoms with van der Waals surface area (Å²) in [7, 11) is 0. The largest absolute Gasteiger partial charge is 0.366 e. The van der Waals surface area contributed by atoms with Crippen molar-refractivity contribution in [2.24, 2.45) is 5.92 Å². The van der Waals surface area contributed by atoms with E-state index >= 15 is 0 Å².